The topological polar surface area (TPSA) is 44.2 Å². The Balaban J connectivity index is 1.49. The van der Waals surface area contributed by atoms with Crippen LogP contribution in [-0.4, -0.2) is 17.1 Å². The Kier molecular flexibility index (Phi) is 6.51. The zero-order chi connectivity index (χ0) is 21.3. The molecule has 0 aliphatic carbocycles. The third-order valence-corrected chi connectivity index (χ3v) is 4.64. The van der Waals surface area contributed by atoms with Crippen molar-refractivity contribution in [3.63, 3.8) is 0 Å². The molecule has 152 valence electrons. The lowest BCUT2D eigenvalue weighted by molar-refractivity contribution is 0.379. The third-order valence-electron chi connectivity index (χ3n) is 4.64. The number of ether oxygens (including phenoxy) is 2. The summed E-state index contributed by atoms with van der Waals surface area (Å²) in [5.41, 5.74) is 4.30. The first-order chi connectivity index (χ1) is 15.3. The van der Waals surface area contributed by atoms with Crippen LogP contribution < -0.4 is 9.47 Å². The molecule has 0 amide bonds. The van der Waals surface area contributed by atoms with Crippen molar-refractivity contribution in [1.82, 2.24) is 9.97 Å². The van der Waals surface area contributed by atoms with Crippen LogP contribution in [0, 0.1) is 0 Å². The molecule has 0 fully saturated rings. The lowest BCUT2D eigenvalue weighted by Crippen LogP contribution is -1.91. The molecule has 4 aromatic rings. The van der Waals surface area contributed by atoms with Crippen molar-refractivity contribution in [3.05, 3.63) is 114 Å². The zero-order valence-electron chi connectivity index (χ0n) is 17.2. The molecule has 0 saturated heterocycles. The minimum atomic E-state index is 0.666. The minimum absolute atomic E-state index is 0.666. The van der Waals surface area contributed by atoms with E-state index in [-0.39, 0.29) is 0 Å². The number of hydrogen-bond donors (Lipinski definition) is 0. The highest BCUT2D eigenvalue weighted by molar-refractivity contribution is 5.71. The van der Waals surface area contributed by atoms with Crippen molar-refractivity contribution in [3.8, 4) is 17.2 Å². The first-order valence-corrected chi connectivity index (χ1v) is 9.92. The maximum atomic E-state index is 6.11. The van der Waals surface area contributed by atoms with Gasteiger partial charge in [-0.05, 0) is 70.8 Å². The lowest BCUT2D eigenvalue weighted by Gasteiger charge is -2.11. The molecule has 0 saturated carbocycles. The van der Waals surface area contributed by atoms with E-state index < -0.39 is 0 Å². The summed E-state index contributed by atoms with van der Waals surface area (Å²) in [5, 5.41) is 0. The van der Waals surface area contributed by atoms with E-state index in [4.69, 9.17) is 9.47 Å². The van der Waals surface area contributed by atoms with Crippen molar-refractivity contribution in [1.29, 1.82) is 0 Å². The Labute approximate surface area is 182 Å². The van der Waals surface area contributed by atoms with E-state index in [1.165, 1.54) is 0 Å². The van der Waals surface area contributed by atoms with Crippen LogP contribution in [0.1, 0.15) is 22.3 Å². The van der Waals surface area contributed by atoms with E-state index in [1.54, 1.807) is 31.9 Å². The van der Waals surface area contributed by atoms with Gasteiger partial charge in [-0.1, -0.05) is 42.5 Å². The summed E-state index contributed by atoms with van der Waals surface area (Å²) in [6.07, 6.45) is 15.3. The monoisotopic (exact) mass is 406 g/mol. The molecule has 0 N–H and O–H groups in total. The maximum absolute atomic E-state index is 6.11. The standard InChI is InChI=1S/C27H22N2O2/c1-30-26-11-8-24(5-4-23-14-18-29-19-15-23)20-27(26)31-25-9-6-21(7-10-25)2-3-22-12-16-28-17-13-22/h2-20H,1H3/b3-2+,5-4+. The van der Waals surface area contributed by atoms with Gasteiger partial charge in [0.2, 0.25) is 0 Å². The minimum Gasteiger partial charge on any atom is -0.493 e. The van der Waals surface area contributed by atoms with Gasteiger partial charge in [-0.25, -0.2) is 0 Å². The van der Waals surface area contributed by atoms with Crippen LogP contribution in [0.5, 0.6) is 17.2 Å². The van der Waals surface area contributed by atoms with Crippen LogP contribution in [0.4, 0.5) is 0 Å². The second-order valence-electron chi connectivity index (χ2n) is 6.81. The Morgan fingerprint density at radius 1 is 0.548 bits per heavy atom. The summed E-state index contributed by atoms with van der Waals surface area (Å²) in [6, 6.07) is 21.7. The number of nitrogens with zero attached hydrogens (tertiary/aromatic N) is 2. The Morgan fingerprint density at radius 3 is 1.58 bits per heavy atom. The highest BCUT2D eigenvalue weighted by Crippen LogP contribution is 2.33. The van der Waals surface area contributed by atoms with Gasteiger partial charge in [0.15, 0.2) is 11.5 Å². The first kappa shape index (κ1) is 20.1. The highest BCUT2D eigenvalue weighted by atomic mass is 16.5. The van der Waals surface area contributed by atoms with Crippen molar-refractivity contribution in [2.45, 2.75) is 0 Å². The average Bonchev–Trinajstić information content (AvgIpc) is 2.84. The number of rotatable bonds is 7. The normalized spacial score (nSPS) is 11.1. The molecular formula is C27H22N2O2. The smallest absolute Gasteiger partial charge is 0.169 e. The van der Waals surface area contributed by atoms with Gasteiger partial charge in [0.1, 0.15) is 5.75 Å². The summed E-state index contributed by atoms with van der Waals surface area (Å²) >= 11 is 0. The van der Waals surface area contributed by atoms with Crippen LogP contribution in [-0.2, 0) is 0 Å². The second-order valence-corrected chi connectivity index (χ2v) is 6.81. The van der Waals surface area contributed by atoms with Crippen molar-refractivity contribution >= 4 is 24.3 Å². The third kappa shape index (κ3) is 5.67. The van der Waals surface area contributed by atoms with E-state index >= 15 is 0 Å². The quantitative estimate of drug-likeness (QED) is 0.346. The molecule has 31 heavy (non-hydrogen) atoms. The van der Waals surface area contributed by atoms with Gasteiger partial charge in [-0.3, -0.25) is 9.97 Å². The van der Waals surface area contributed by atoms with Crippen LogP contribution in [0.15, 0.2) is 91.5 Å². The molecule has 0 aliphatic rings. The van der Waals surface area contributed by atoms with E-state index in [9.17, 15) is 0 Å². The van der Waals surface area contributed by atoms with E-state index in [0.717, 1.165) is 28.0 Å². The van der Waals surface area contributed by atoms with Gasteiger partial charge in [-0.15, -0.1) is 0 Å². The Bertz CT molecular complexity index is 1170. The SMILES string of the molecule is COc1ccc(/C=C/c2ccncc2)cc1Oc1ccc(/C=C/c2ccncc2)cc1. The van der Waals surface area contributed by atoms with Crippen molar-refractivity contribution in [2.75, 3.05) is 7.11 Å². The molecule has 2 aromatic heterocycles. The molecule has 0 atom stereocenters. The molecule has 4 heteroatoms. The molecule has 0 radical (unpaired) electrons. The van der Waals surface area contributed by atoms with Gasteiger partial charge in [0.25, 0.3) is 0 Å². The molecule has 0 unspecified atom stereocenters. The van der Waals surface area contributed by atoms with Gasteiger partial charge in [0.05, 0.1) is 7.11 Å². The molecular weight excluding hydrogens is 384 g/mol. The molecule has 0 spiro atoms. The van der Waals surface area contributed by atoms with Crippen LogP contribution in [0.3, 0.4) is 0 Å². The molecule has 2 heterocycles. The molecule has 0 aliphatic heterocycles. The fraction of sp³-hybridized carbons (Fsp3) is 0.0370. The van der Waals surface area contributed by atoms with Crippen molar-refractivity contribution < 1.29 is 9.47 Å². The molecule has 4 nitrogen and oxygen atoms in total. The predicted molar refractivity (Wildman–Crippen MR) is 126 cm³/mol. The van der Waals surface area contributed by atoms with Gasteiger partial charge in [-0.2, -0.15) is 0 Å². The number of pyridine rings is 2. The lowest BCUT2D eigenvalue weighted by atomic mass is 10.1. The van der Waals surface area contributed by atoms with E-state index in [0.29, 0.717) is 11.5 Å². The molecule has 0 bridgehead atoms. The Morgan fingerprint density at radius 2 is 1.03 bits per heavy atom. The summed E-state index contributed by atoms with van der Waals surface area (Å²) in [5.74, 6) is 2.09. The summed E-state index contributed by atoms with van der Waals surface area (Å²) < 4.78 is 11.6. The summed E-state index contributed by atoms with van der Waals surface area (Å²) in [4.78, 5) is 8.07. The molecule has 4 rings (SSSR count). The summed E-state index contributed by atoms with van der Waals surface area (Å²) in [7, 11) is 1.64. The van der Waals surface area contributed by atoms with Crippen LogP contribution in [0.25, 0.3) is 24.3 Å². The highest BCUT2D eigenvalue weighted by Gasteiger charge is 2.06. The fourth-order valence-electron chi connectivity index (χ4n) is 2.98. The average molecular weight is 406 g/mol. The van der Waals surface area contributed by atoms with Gasteiger partial charge in [0, 0.05) is 24.8 Å². The van der Waals surface area contributed by atoms with E-state index in [2.05, 4.69) is 22.1 Å². The predicted octanol–water partition coefficient (Wildman–Crippen LogP) is 6.62. The summed E-state index contributed by atoms with van der Waals surface area (Å²) in [6.45, 7) is 0. The van der Waals surface area contributed by atoms with Gasteiger partial charge < -0.3 is 9.47 Å². The Hall–Kier alpha value is -4.18. The number of methoxy groups -OCH3 is 1. The number of hydrogen-bond acceptors (Lipinski definition) is 4. The first-order valence-electron chi connectivity index (χ1n) is 9.92. The second kappa shape index (κ2) is 10.0. The largest absolute Gasteiger partial charge is 0.493 e. The van der Waals surface area contributed by atoms with E-state index in [1.807, 2.05) is 78.9 Å². The number of aromatic nitrogens is 2. The number of benzene rings is 2. The maximum Gasteiger partial charge on any atom is 0.169 e. The van der Waals surface area contributed by atoms with Gasteiger partial charge >= 0.3 is 0 Å². The van der Waals surface area contributed by atoms with Crippen molar-refractivity contribution in [2.24, 2.45) is 0 Å². The van der Waals surface area contributed by atoms with Crippen LogP contribution in [0.2, 0.25) is 0 Å². The van der Waals surface area contributed by atoms with Crippen LogP contribution >= 0.6 is 0 Å². The molecule has 2 aromatic carbocycles. The fourth-order valence-corrected chi connectivity index (χ4v) is 2.98. The zero-order valence-corrected chi connectivity index (χ0v) is 17.2.